The monoisotopic (exact) mass is 567 g/mol. The van der Waals surface area contributed by atoms with E-state index in [-0.39, 0.29) is 18.1 Å². The van der Waals surface area contributed by atoms with Gasteiger partial charge in [0, 0.05) is 18.9 Å². The summed E-state index contributed by atoms with van der Waals surface area (Å²) in [5.74, 6) is -2.46. The molecule has 0 saturated carbocycles. The number of hydrazine groups is 1. The van der Waals surface area contributed by atoms with Gasteiger partial charge in [-0.1, -0.05) is 44.2 Å². The van der Waals surface area contributed by atoms with Crippen molar-refractivity contribution in [2.24, 2.45) is 11.8 Å². The first-order valence-electron chi connectivity index (χ1n) is 14.1. The molecule has 222 valence electrons. The van der Waals surface area contributed by atoms with Gasteiger partial charge in [-0.15, -0.1) is 0 Å². The lowest BCUT2D eigenvalue weighted by atomic mass is 9.88. The molecule has 1 aliphatic heterocycles. The number of Topliss-reactive ketones (excluding diaryl/α,β-unsaturated/α-hetero) is 1. The molecule has 0 spiro atoms. The van der Waals surface area contributed by atoms with Crippen molar-refractivity contribution in [3.63, 3.8) is 0 Å². The zero-order chi connectivity index (χ0) is 30.3. The fraction of sp³-hybridized carbons (Fsp3) is 0.484. The summed E-state index contributed by atoms with van der Waals surface area (Å²) in [5.41, 5.74) is 5.42. The molecule has 0 unspecified atom stereocenters. The van der Waals surface area contributed by atoms with Crippen LogP contribution in [0.4, 0.5) is 0 Å². The number of ketones is 1. The van der Waals surface area contributed by atoms with E-state index in [0.717, 1.165) is 16.7 Å². The lowest BCUT2D eigenvalue weighted by molar-refractivity contribution is -0.148. The van der Waals surface area contributed by atoms with E-state index in [1.54, 1.807) is 32.9 Å². The zero-order valence-electron chi connectivity index (χ0n) is 24.3. The number of hydrogen-bond acceptors (Lipinski definition) is 7. The second-order valence-corrected chi connectivity index (χ2v) is 11.0. The Balaban J connectivity index is 1.57. The first-order valence-corrected chi connectivity index (χ1v) is 14.1. The molecule has 2 amide bonds. The van der Waals surface area contributed by atoms with Crippen molar-refractivity contribution in [1.82, 2.24) is 15.8 Å². The number of amides is 2. The van der Waals surface area contributed by atoms with Gasteiger partial charge in [0.25, 0.3) is 5.91 Å². The SMILES string of the molecule is CC(C)[C@H](CC(=O)[C@H](C)Oc1ccc(-c2cccc([C@@H](C)O)c2)cc1)C(=O)N[C@@H](C)C(=O)N1CCC[C@@H](C(=O)O)N1. The van der Waals surface area contributed by atoms with Crippen LogP contribution >= 0.6 is 0 Å². The smallest absolute Gasteiger partial charge is 0.322 e. The van der Waals surface area contributed by atoms with Gasteiger partial charge in [-0.3, -0.25) is 24.2 Å². The van der Waals surface area contributed by atoms with E-state index in [0.29, 0.717) is 25.1 Å². The van der Waals surface area contributed by atoms with E-state index in [2.05, 4.69) is 10.7 Å². The quantitative estimate of drug-likeness (QED) is 0.305. The van der Waals surface area contributed by atoms with Crippen LogP contribution < -0.4 is 15.5 Å². The minimum Gasteiger partial charge on any atom is -0.483 e. The number of ether oxygens (including phenoxy) is 1. The zero-order valence-corrected chi connectivity index (χ0v) is 24.3. The van der Waals surface area contributed by atoms with Crippen LogP contribution in [0.15, 0.2) is 48.5 Å². The second-order valence-electron chi connectivity index (χ2n) is 11.0. The van der Waals surface area contributed by atoms with Crippen molar-refractivity contribution in [2.45, 2.75) is 78.2 Å². The molecule has 1 heterocycles. The molecule has 2 aromatic carbocycles. The van der Waals surface area contributed by atoms with Gasteiger partial charge >= 0.3 is 5.97 Å². The lowest BCUT2D eigenvalue weighted by Gasteiger charge is -2.34. The van der Waals surface area contributed by atoms with E-state index in [9.17, 15) is 29.4 Å². The van der Waals surface area contributed by atoms with E-state index in [1.807, 2.05) is 50.2 Å². The highest BCUT2D eigenvalue weighted by atomic mass is 16.5. The third-order valence-electron chi connectivity index (χ3n) is 7.37. The van der Waals surface area contributed by atoms with E-state index < -0.39 is 48.0 Å². The number of carboxylic acids is 1. The van der Waals surface area contributed by atoms with Gasteiger partial charge in [0.15, 0.2) is 11.9 Å². The second kappa shape index (κ2) is 14.2. The molecule has 10 heteroatoms. The molecular weight excluding hydrogens is 526 g/mol. The normalized spacial score (nSPS) is 18.2. The molecule has 0 aliphatic carbocycles. The Morgan fingerprint density at radius 3 is 2.32 bits per heavy atom. The number of carbonyl (C=O) groups is 4. The van der Waals surface area contributed by atoms with Gasteiger partial charge in [0.2, 0.25) is 5.91 Å². The van der Waals surface area contributed by atoms with Crippen molar-refractivity contribution in [2.75, 3.05) is 6.54 Å². The van der Waals surface area contributed by atoms with Crippen LogP contribution in [0.1, 0.15) is 65.5 Å². The summed E-state index contributed by atoms with van der Waals surface area (Å²) in [6.07, 6.45) is -0.462. The van der Waals surface area contributed by atoms with Crippen molar-refractivity contribution in [3.05, 3.63) is 54.1 Å². The van der Waals surface area contributed by atoms with Crippen molar-refractivity contribution < 1.29 is 34.1 Å². The molecule has 0 aromatic heterocycles. The predicted molar refractivity (Wildman–Crippen MR) is 154 cm³/mol. The summed E-state index contributed by atoms with van der Waals surface area (Å²) in [5, 5.41) is 23.0. The number of carboxylic acid groups (broad SMARTS) is 1. The number of aliphatic hydroxyl groups excluding tert-OH is 1. The average molecular weight is 568 g/mol. The van der Waals surface area contributed by atoms with Gasteiger partial charge in [-0.25, -0.2) is 5.43 Å². The molecular formula is C31H41N3O7. The van der Waals surface area contributed by atoms with Crippen LogP contribution in [0.2, 0.25) is 0 Å². The Hall–Kier alpha value is -3.76. The standard InChI is InChI=1S/C31H41N3O7/c1-18(2)26(29(37)32-19(3)30(38)34-15-7-10-27(33-34)31(39)40)17-28(36)21(5)41-25-13-11-22(12-14-25)24-9-6-8-23(16-24)20(4)35/h6,8-9,11-14,16,18-21,26-27,33,35H,7,10,15,17H2,1-5H3,(H,32,37)(H,39,40)/t19-,20+,21-,26-,27-/m0/s1. The van der Waals surface area contributed by atoms with Crippen LogP contribution in [0.5, 0.6) is 5.75 Å². The Labute approximate surface area is 241 Å². The first kappa shape index (κ1) is 31.8. The van der Waals surface area contributed by atoms with Crippen LogP contribution in [0.3, 0.4) is 0 Å². The molecule has 1 fully saturated rings. The molecule has 3 rings (SSSR count). The van der Waals surface area contributed by atoms with Crippen LogP contribution in [-0.2, 0) is 19.2 Å². The number of benzene rings is 2. The Kier molecular flexibility index (Phi) is 11.0. The number of aliphatic hydroxyl groups is 1. The van der Waals surface area contributed by atoms with Crippen LogP contribution in [0, 0.1) is 11.8 Å². The summed E-state index contributed by atoms with van der Waals surface area (Å²) in [6, 6.07) is 13.2. The van der Waals surface area contributed by atoms with Gasteiger partial charge in [0.1, 0.15) is 17.8 Å². The number of nitrogens with one attached hydrogen (secondary N) is 2. The summed E-state index contributed by atoms with van der Waals surface area (Å²) in [7, 11) is 0. The molecule has 41 heavy (non-hydrogen) atoms. The summed E-state index contributed by atoms with van der Waals surface area (Å²) in [4.78, 5) is 50.3. The minimum absolute atomic E-state index is 0.0567. The average Bonchev–Trinajstić information content (AvgIpc) is 2.95. The molecule has 1 aliphatic rings. The Bertz CT molecular complexity index is 1230. The van der Waals surface area contributed by atoms with Gasteiger partial charge in [-0.05, 0) is 74.4 Å². The fourth-order valence-corrected chi connectivity index (χ4v) is 4.73. The van der Waals surface area contributed by atoms with Crippen molar-refractivity contribution >= 4 is 23.6 Å². The van der Waals surface area contributed by atoms with E-state index in [4.69, 9.17) is 4.74 Å². The molecule has 10 nitrogen and oxygen atoms in total. The molecule has 4 N–H and O–H groups in total. The molecule has 1 saturated heterocycles. The maximum atomic E-state index is 13.1. The number of aliphatic carboxylic acids is 1. The molecule has 0 radical (unpaired) electrons. The maximum absolute atomic E-state index is 13.1. The third kappa shape index (κ3) is 8.61. The number of carbonyl (C=O) groups excluding carboxylic acids is 3. The number of nitrogens with zero attached hydrogens (tertiary/aromatic N) is 1. The van der Waals surface area contributed by atoms with Crippen molar-refractivity contribution in [1.29, 1.82) is 0 Å². The largest absolute Gasteiger partial charge is 0.483 e. The van der Waals surface area contributed by atoms with Crippen LogP contribution in [0.25, 0.3) is 11.1 Å². The first-order chi connectivity index (χ1) is 19.4. The lowest BCUT2D eigenvalue weighted by Crippen LogP contribution is -2.59. The van der Waals surface area contributed by atoms with E-state index in [1.165, 1.54) is 5.01 Å². The summed E-state index contributed by atoms with van der Waals surface area (Å²) < 4.78 is 5.88. The van der Waals surface area contributed by atoms with Gasteiger partial charge < -0.3 is 20.3 Å². The van der Waals surface area contributed by atoms with Crippen molar-refractivity contribution in [3.8, 4) is 16.9 Å². The molecule has 5 atom stereocenters. The number of hydrogen-bond donors (Lipinski definition) is 4. The summed E-state index contributed by atoms with van der Waals surface area (Å²) in [6.45, 7) is 8.92. The minimum atomic E-state index is -1.03. The fourth-order valence-electron chi connectivity index (χ4n) is 4.73. The topological polar surface area (TPSA) is 145 Å². The highest BCUT2D eigenvalue weighted by Crippen LogP contribution is 2.26. The highest BCUT2D eigenvalue weighted by Gasteiger charge is 2.33. The van der Waals surface area contributed by atoms with E-state index >= 15 is 0 Å². The predicted octanol–water partition coefficient (Wildman–Crippen LogP) is 3.49. The van der Waals surface area contributed by atoms with Crippen LogP contribution in [-0.4, -0.2) is 63.5 Å². The Morgan fingerprint density at radius 1 is 1.02 bits per heavy atom. The van der Waals surface area contributed by atoms with Gasteiger partial charge in [0.05, 0.1) is 6.10 Å². The summed E-state index contributed by atoms with van der Waals surface area (Å²) >= 11 is 0. The Morgan fingerprint density at radius 2 is 1.71 bits per heavy atom. The van der Waals surface area contributed by atoms with Gasteiger partial charge in [-0.2, -0.15) is 0 Å². The highest BCUT2D eigenvalue weighted by molar-refractivity contribution is 5.92. The maximum Gasteiger partial charge on any atom is 0.322 e. The number of rotatable bonds is 12. The third-order valence-corrected chi connectivity index (χ3v) is 7.37. The molecule has 0 bridgehead atoms. The molecule has 2 aromatic rings.